The minimum Gasteiger partial charge on any atom is -0.385 e. The van der Waals surface area contributed by atoms with Crippen LogP contribution in [0.4, 0.5) is 5.69 Å². The minimum atomic E-state index is 0.877. The quantitative estimate of drug-likeness (QED) is 0.765. The number of nitrogens with one attached hydrogen (secondary N) is 2. The monoisotopic (exact) mass is 226 g/mol. The number of benzene rings is 1. The van der Waals surface area contributed by atoms with Gasteiger partial charge < -0.3 is 10.7 Å². The average molecular weight is 227 g/mol. The lowest BCUT2D eigenvalue weighted by Gasteiger charge is -2.06. The molecule has 0 unspecified atom stereocenters. The molecule has 0 aliphatic heterocycles. The Hall–Kier alpha value is -0.830. The molecular weight excluding hydrogens is 216 g/mol. The van der Waals surface area contributed by atoms with Crippen LogP contribution in [0.2, 0.25) is 0 Å². The van der Waals surface area contributed by atoms with Gasteiger partial charge in [0.25, 0.3) is 0 Å². The predicted molar refractivity (Wildman–Crippen MR) is 56.2 cm³/mol. The lowest BCUT2D eigenvalue weighted by Crippen LogP contribution is -1.99. The summed E-state index contributed by atoms with van der Waals surface area (Å²) in [7, 11) is 0. The molecule has 0 bridgehead atoms. The van der Waals surface area contributed by atoms with Crippen LogP contribution in [-0.2, 0) is 0 Å². The van der Waals surface area contributed by atoms with Crippen LogP contribution in [0.15, 0.2) is 22.7 Å². The van der Waals surface area contributed by atoms with Gasteiger partial charge in [-0.2, -0.15) is 0 Å². The lowest BCUT2D eigenvalue weighted by molar-refractivity contribution is 1.21. The number of halogens is 1. The first-order chi connectivity index (χ1) is 5.77. The summed E-state index contributed by atoms with van der Waals surface area (Å²) in [5, 5.41) is 10.4. The van der Waals surface area contributed by atoms with Gasteiger partial charge in [0.05, 0.1) is 0 Å². The van der Waals surface area contributed by atoms with Crippen molar-refractivity contribution in [3.63, 3.8) is 0 Å². The van der Waals surface area contributed by atoms with Gasteiger partial charge in [-0.05, 0) is 25.1 Å². The molecule has 0 amide bonds. The first kappa shape index (κ1) is 9.26. The lowest BCUT2D eigenvalue weighted by atomic mass is 10.2. The molecular formula is C9H11BrN2. The van der Waals surface area contributed by atoms with Gasteiger partial charge in [0.1, 0.15) is 0 Å². The summed E-state index contributed by atoms with van der Waals surface area (Å²) in [5.41, 5.74) is 1.92. The van der Waals surface area contributed by atoms with E-state index in [9.17, 15) is 0 Å². The fraction of sp³-hybridized carbons (Fsp3) is 0.222. The second-order valence-corrected chi connectivity index (χ2v) is 3.32. The van der Waals surface area contributed by atoms with Gasteiger partial charge in [-0.3, -0.25) is 0 Å². The van der Waals surface area contributed by atoms with Gasteiger partial charge in [-0.1, -0.05) is 15.9 Å². The molecule has 0 aliphatic rings. The normalized spacial score (nSPS) is 9.50. The highest BCUT2D eigenvalue weighted by molar-refractivity contribution is 9.10. The fourth-order valence-corrected chi connectivity index (χ4v) is 1.38. The van der Waals surface area contributed by atoms with E-state index in [1.165, 1.54) is 6.21 Å². The molecule has 3 heteroatoms. The first-order valence-corrected chi connectivity index (χ1v) is 4.61. The molecule has 0 spiro atoms. The van der Waals surface area contributed by atoms with E-state index < -0.39 is 0 Å². The standard InChI is InChI=1S/C9H11BrN2/c1-2-12-9-4-3-8(10)5-7(9)6-11/h3-6,11-12H,2H2,1H3. The van der Waals surface area contributed by atoms with Gasteiger partial charge >= 0.3 is 0 Å². The third kappa shape index (κ3) is 2.08. The van der Waals surface area contributed by atoms with Crippen LogP contribution < -0.4 is 5.32 Å². The maximum absolute atomic E-state index is 7.17. The molecule has 0 heterocycles. The van der Waals surface area contributed by atoms with Gasteiger partial charge in [0, 0.05) is 28.5 Å². The molecule has 2 N–H and O–H groups in total. The maximum Gasteiger partial charge on any atom is 0.0429 e. The summed E-state index contributed by atoms with van der Waals surface area (Å²) in [6, 6.07) is 5.85. The molecule has 0 aromatic heterocycles. The Bertz CT molecular complexity index is 284. The van der Waals surface area contributed by atoms with Crippen molar-refractivity contribution in [2.24, 2.45) is 0 Å². The Labute approximate surface area is 80.6 Å². The summed E-state index contributed by atoms with van der Waals surface area (Å²) in [4.78, 5) is 0. The Balaban J connectivity index is 3.02. The zero-order chi connectivity index (χ0) is 8.97. The molecule has 1 aromatic carbocycles. The van der Waals surface area contributed by atoms with Crippen LogP contribution in [0, 0.1) is 5.41 Å². The van der Waals surface area contributed by atoms with Crippen molar-refractivity contribution in [3.05, 3.63) is 28.2 Å². The topological polar surface area (TPSA) is 35.9 Å². The van der Waals surface area contributed by atoms with Gasteiger partial charge in [-0.15, -0.1) is 0 Å². The van der Waals surface area contributed by atoms with Crippen molar-refractivity contribution in [2.45, 2.75) is 6.92 Å². The van der Waals surface area contributed by atoms with E-state index in [-0.39, 0.29) is 0 Å². The summed E-state index contributed by atoms with van der Waals surface area (Å²) in [6.07, 6.45) is 1.35. The van der Waals surface area contributed by atoms with E-state index in [2.05, 4.69) is 21.2 Å². The average Bonchev–Trinajstić information content (AvgIpc) is 2.08. The Morgan fingerprint density at radius 2 is 2.33 bits per heavy atom. The van der Waals surface area contributed by atoms with Crippen molar-refractivity contribution in [1.29, 1.82) is 5.41 Å². The summed E-state index contributed by atoms with van der Waals surface area (Å²) in [5.74, 6) is 0. The van der Waals surface area contributed by atoms with Gasteiger partial charge in [-0.25, -0.2) is 0 Å². The van der Waals surface area contributed by atoms with Crippen molar-refractivity contribution >= 4 is 27.8 Å². The Morgan fingerprint density at radius 3 is 2.92 bits per heavy atom. The maximum atomic E-state index is 7.17. The number of anilines is 1. The van der Waals surface area contributed by atoms with Crippen LogP contribution in [0.25, 0.3) is 0 Å². The van der Waals surface area contributed by atoms with E-state index >= 15 is 0 Å². The number of hydrogen-bond acceptors (Lipinski definition) is 2. The summed E-state index contributed by atoms with van der Waals surface area (Å²) < 4.78 is 1.00. The minimum absolute atomic E-state index is 0.877. The van der Waals surface area contributed by atoms with Crippen molar-refractivity contribution in [1.82, 2.24) is 0 Å². The van der Waals surface area contributed by atoms with E-state index in [0.717, 1.165) is 22.3 Å². The Kier molecular flexibility index (Phi) is 3.29. The third-order valence-corrected chi connectivity index (χ3v) is 2.03. The van der Waals surface area contributed by atoms with E-state index in [1.807, 2.05) is 25.1 Å². The molecule has 1 rings (SSSR count). The second kappa shape index (κ2) is 4.26. The fourth-order valence-electron chi connectivity index (χ4n) is 1.00. The van der Waals surface area contributed by atoms with E-state index in [4.69, 9.17) is 5.41 Å². The molecule has 0 radical (unpaired) electrons. The van der Waals surface area contributed by atoms with Crippen LogP contribution in [-0.4, -0.2) is 12.8 Å². The zero-order valence-corrected chi connectivity index (χ0v) is 8.48. The van der Waals surface area contributed by atoms with Crippen molar-refractivity contribution in [2.75, 3.05) is 11.9 Å². The predicted octanol–water partition coefficient (Wildman–Crippen LogP) is 2.88. The highest BCUT2D eigenvalue weighted by Crippen LogP contribution is 2.18. The molecule has 64 valence electrons. The molecule has 2 nitrogen and oxygen atoms in total. The zero-order valence-electron chi connectivity index (χ0n) is 6.89. The van der Waals surface area contributed by atoms with E-state index in [1.54, 1.807) is 0 Å². The van der Waals surface area contributed by atoms with Gasteiger partial charge in [0.15, 0.2) is 0 Å². The molecule has 0 fully saturated rings. The van der Waals surface area contributed by atoms with Crippen LogP contribution in [0.1, 0.15) is 12.5 Å². The van der Waals surface area contributed by atoms with Crippen LogP contribution in [0.5, 0.6) is 0 Å². The summed E-state index contributed by atoms with van der Waals surface area (Å²) >= 11 is 3.36. The molecule has 1 aromatic rings. The Morgan fingerprint density at radius 1 is 1.58 bits per heavy atom. The van der Waals surface area contributed by atoms with Crippen molar-refractivity contribution < 1.29 is 0 Å². The van der Waals surface area contributed by atoms with E-state index in [0.29, 0.717) is 0 Å². The third-order valence-electron chi connectivity index (χ3n) is 1.54. The SMILES string of the molecule is CCNc1ccc(Br)cc1C=N. The number of rotatable bonds is 3. The van der Waals surface area contributed by atoms with Crippen LogP contribution in [0.3, 0.4) is 0 Å². The van der Waals surface area contributed by atoms with Crippen molar-refractivity contribution in [3.8, 4) is 0 Å². The molecule has 0 atom stereocenters. The molecule has 0 aliphatic carbocycles. The van der Waals surface area contributed by atoms with Gasteiger partial charge in [0.2, 0.25) is 0 Å². The first-order valence-electron chi connectivity index (χ1n) is 3.82. The molecule has 12 heavy (non-hydrogen) atoms. The van der Waals surface area contributed by atoms with Crippen LogP contribution >= 0.6 is 15.9 Å². The largest absolute Gasteiger partial charge is 0.385 e. The smallest absolute Gasteiger partial charge is 0.0429 e. The summed E-state index contributed by atoms with van der Waals surface area (Å²) in [6.45, 7) is 2.91. The molecule has 0 saturated carbocycles. The molecule has 0 saturated heterocycles. The highest BCUT2D eigenvalue weighted by Gasteiger charge is 1.98. The number of hydrogen-bond donors (Lipinski definition) is 2. The highest BCUT2D eigenvalue weighted by atomic mass is 79.9. The second-order valence-electron chi connectivity index (χ2n) is 2.41.